The molecule has 1 aliphatic carbocycles. The first-order valence-electron chi connectivity index (χ1n) is 13.9. The summed E-state index contributed by atoms with van der Waals surface area (Å²) in [5.41, 5.74) is 0.671. The molecule has 7 rings (SSSR count). The average Bonchev–Trinajstić information content (AvgIpc) is 3.33. The van der Waals surface area contributed by atoms with Crippen LogP contribution in [0.5, 0.6) is 6.01 Å². The molecule has 1 saturated carbocycles. The van der Waals surface area contributed by atoms with Gasteiger partial charge in [-0.25, -0.2) is 14.2 Å². The third kappa shape index (κ3) is 4.22. The van der Waals surface area contributed by atoms with Crippen LogP contribution in [-0.2, 0) is 4.74 Å². The number of amides is 1. The Hall–Kier alpha value is -2.72. The lowest BCUT2D eigenvalue weighted by molar-refractivity contribution is 0.0122. The van der Waals surface area contributed by atoms with E-state index < -0.39 is 11.4 Å². The van der Waals surface area contributed by atoms with E-state index in [1.54, 1.807) is 0 Å². The summed E-state index contributed by atoms with van der Waals surface area (Å²) in [4.78, 5) is 32.8. The molecule has 2 bridgehead atoms. The van der Waals surface area contributed by atoms with Crippen molar-refractivity contribution in [2.45, 2.75) is 82.1 Å². The summed E-state index contributed by atoms with van der Waals surface area (Å²) in [6.07, 6.45) is 6.21. The minimum Gasteiger partial charge on any atom is -0.461 e. The molecule has 5 fully saturated rings. The van der Waals surface area contributed by atoms with E-state index in [1.165, 1.54) is 18.2 Å². The number of anilines is 1. The lowest BCUT2D eigenvalue weighted by Crippen LogP contribution is -2.57. The van der Waals surface area contributed by atoms with Crippen LogP contribution in [0.3, 0.4) is 0 Å². The van der Waals surface area contributed by atoms with Crippen molar-refractivity contribution in [3.63, 3.8) is 0 Å². The Morgan fingerprint density at radius 3 is 2.72 bits per heavy atom. The fraction of sp³-hybridized carbons (Fsp3) is 0.643. The van der Waals surface area contributed by atoms with Gasteiger partial charge < -0.3 is 14.4 Å². The number of fused-ring (bicyclic) bond motifs is 6. The molecule has 0 spiro atoms. The van der Waals surface area contributed by atoms with Crippen molar-refractivity contribution in [2.24, 2.45) is 5.92 Å². The van der Waals surface area contributed by atoms with Crippen molar-refractivity contribution >= 4 is 34.4 Å². The van der Waals surface area contributed by atoms with Crippen molar-refractivity contribution in [2.75, 3.05) is 31.1 Å². The van der Waals surface area contributed by atoms with Gasteiger partial charge in [-0.15, -0.1) is 0 Å². The quantitative estimate of drug-likeness (QED) is 0.400. The fourth-order valence-electron chi connectivity index (χ4n) is 7.40. The number of pyridine rings is 1. The van der Waals surface area contributed by atoms with Crippen LogP contribution in [0.4, 0.5) is 15.0 Å². The number of carbonyl (C=O) groups excluding carboxylic acids is 1. The molecular weight excluding hydrogens is 523 g/mol. The number of hydrogen-bond donors (Lipinski definition) is 0. The van der Waals surface area contributed by atoms with Crippen LogP contribution < -0.4 is 9.64 Å². The Balaban J connectivity index is 1.18. The number of rotatable bonds is 4. The monoisotopic (exact) mass is 556 g/mol. The highest BCUT2D eigenvalue weighted by Crippen LogP contribution is 2.57. The van der Waals surface area contributed by atoms with E-state index in [0.29, 0.717) is 36.9 Å². The minimum absolute atomic E-state index is 0.0275. The van der Waals surface area contributed by atoms with Crippen molar-refractivity contribution in [1.82, 2.24) is 24.8 Å². The SMILES string of the molecule is C=C1CN2[C@@H]3C[C@@H]3CC2(COc2nc(N3CC4CCC(C3)N4C(=O)OC(C)(C)C)c3cnc(Cl)c(F)c3n2)C1. The second-order valence-corrected chi connectivity index (χ2v) is 13.3. The molecule has 4 aliphatic heterocycles. The molecule has 11 heteroatoms. The maximum atomic E-state index is 15.2. The number of halogens is 2. The van der Waals surface area contributed by atoms with Crippen LogP contribution in [-0.4, -0.2) is 86.4 Å². The topological polar surface area (TPSA) is 83.9 Å². The summed E-state index contributed by atoms with van der Waals surface area (Å²) >= 11 is 6.06. The van der Waals surface area contributed by atoms with Gasteiger partial charge >= 0.3 is 12.1 Å². The third-order valence-electron chi connectivity index (χ3n) is 8.97. The lowest BCUT2D eigenvalue weighted by atomic mass is 9.92. The second kappa shape index (κ2) is 8.64. The van der Waals surface area contributed by atoms with Crippen LogP contribution in [0, 0.1) is 11.7 Å². The highest BCUT2D eigenvalue weighted by Gasteiger charge is 2.62. The molecule has 208 valence electrons. The van der Waals surface area contributed by atoms with Gasteiger partial charge in [-0.3, -0.25) is 9.80 Å². The van der Waals surface area contributed by atoms with E-state index in [1.807, 2.05) is 25.7 Å². The fourth-order valence-corrected chi connectivity index (χ4v) is 7.53. The molecular formula is C28H34ClFN6O3. The Labute approximate surface area is 232 Å². The average molecular weight is 557 g/mol. The first-order valence-corrected chi connectivity index (χ1v) is 14.2. The van der Waals surface area contributed by atoms with Crippen LogP contribution in [0.1, 0.15) is 52.9 Å². The Bertz CT molecular complexity index is 1370. The molecule has 9 nitrogen and oxygen atoms in total. The zero-order valence-corrected chi connectivity index (χ0v) is 23.4. The molecule has 2 aromatic heterocycles. The van der Waals surface area contributed by atoms with Crippen molar-refractivity contribution in [3.05, 3.63) is 29.3 Å². The minimum atomic E-state index is -0.686. The second-order valence-electron chi connectivity index (χ2n) is 13.0. The largest absolute Gasteiger partial charge is 0.461 e. The zero-order chi connectivity index (χ0) is 27.3. The van der Waals surface area contributed by atoms with Crippen LogP contribution in [0.15, 0.2) is 18.3 Å². The predicted octanol–water partition coefficient (Wildman–Crippen LogP) is 4.58. The Kier molecular flexibility index (Phi) is 5.59. The normalized spacial score (nSPS) is 31.6. The maximum Gasteiger partial charge on any atom is 0.410 e. The number of ether oxygens (including phenoxy) is 2. The molecule has 3 unspecified atom stereocenters. The molecule has 6 heterocycles. The van der Waals surface area contributed by atoms with Crippen LogP contribution in [0.25, 0.3) is 10.9 Å². The number of nitrogens with zero attached hydrogens (tertiary/aromatic N) is 6. The summed E-state index contributed by atoms with van der Waals surface area (Å²) < 4.78 is 27.2. The molecule has 0 aromatic carbocycles. The Morgan fingerprint density at radius 1 is 1.26 bits per heavy atom. The first kappa shape index (κ1) is 25.3. The van der Waals surface area contributed by atoms with E-state index in [9.17, 15) is 4.79 Å². The summed E-state index contributed by atoms with van der Waals surface area (Å²) in [6, 6.07) is 0.702. The van der Waals surface area contributed by atoms with E-state index in [-0.39, 0.29) is 40.4 Å². The number of carbonyl (C=O) groups is 1. The lowest BCUT2D eigenvalue weighted by Gasteiger charge is -2.42. The maximum absolute atomic E-state index is 15.2. The van der Waals surface area contributed by atoms with Crippen molar-refractivity contribution < 1.29 is 18.7 Å². The van der Waals surface area contributed by atoms with Gasteiger partial charge in [-0.1, -0.05) is 23.8 Å². The van der Waals surface area contributed by atoms with E-state index >= 15 is 4.39 Å². The molecule has 5 aliphatic rings. The zero-order valence-electron chi connectivity index (χ0n) is 22.6. The van der Waals surface area contributed by atoms with Gasteiger partial charge in [0, 0.05) is 31.9 Å². The van der Waals surface area contributed by atoms with Crippen LogP contribution in [0.2, 0.25) is 5.15 Å². The molecule has 2 aromatic rings. The van der Waals surface area contributed by atoms with E-state index in [4.69, 9.17) is 26.1 Å². The summed E-state index contributed by atoms with van der Waals surface area (Å²) in [5, 5.41) is 0.242. The molecule has 5 atom stereocenters. The smallest absolute Gasteiger partial charge is 0.410 e. The molecule has 1 amide bonds. The number of aromatic nitrogens is 3. The summed E-state index contributed by atoms with van der Waals surface area (Å²) in [6.45, 7) is 12.3. The van der Waals surface area contributed by atoms with Gasteiger partial charge in [0.05, 0.1) is 23.0 Å². The molecule has 39 heavy (non-hydrogen) atoms. The highest BCUT2D eigenvalue weighted by molar-refractivity contribution is 6.30. The molecule has 0 radical (unpaired) electrons. The third-order valence-corrected chi connectivity index (χ3v) is 9.23. The van der Waals surface area contributed by atoms with Gasteiger partial charge in [0.25, 0.3) is 0 Å². The molecule has 0 N–H and O–H groups in total. The van der Waals surface area contributed by atoms with Gasteiger partial charge in [-0.05, 0) is 58.8 Å². The van der Waals surface area contributed by atoms with Gasteiger partial charge in [0.1, 0.15) is 23.5 Å². The Morgan fingerprint density at radius 2 is 2.00 bits per heavy atom. The number of hydrogen-bond acceptors (Lipinski definition) is 8. The number of piperidine rings is 1. The highest BCUT2D eigenvalue weighted by atomic mass is 35.5. The summed E-state index contributed by atoms with van der Waals surface area (Å²) in [5.74, 6) is 0.598. The van der Waals surface area contributed by atoms with Gasteiger partial charge in [0.15, 0.2) is 11.0 Å². The predicted molar refractivity (Wildman–Crippen MR) is 145 cm³/mol. The van der Waals surface area contributed by atoms with Crippen molar-refractivity contribution in [1.29, 1.82) is 0 Å². The molecule has 4 saturated heterocycles. The standard InChI is InChI=1S/C28H34ClFN6O3/c1-15-8-28(9-16-7-20(16)35(28)11-15)14-38-25-32-22-19(10-31-23(29)21(22)30)24(33-25)34-12-17-5-6-18(13-34)36(17)26(37)39-27(2,3)4/h10,16-18,20H,1,5-9,11-14H2,2-4H3/t16-,17?,18?,20-,28?/m1/s1. The first-order chi connectivity index (χ1) is 18.5. The van der Waals surface area contributed by atoms with Crippen molar-refractivity contribution in [3.8, 4) is 6.01 Å². The van der Waals surface area contributed by atoms with Gasteiger partial charge in [-0.2, -0.15) is 9.97 Å². The number of piperazine rings is 1. The summed E-state index contributed by atoms with van der Waals surface area (Å²) in [7, 11) is 0. The van der Waals surface area contributed by atoms with Gasteiger partial charge in [0.2, 0.25) is 0 Å². The van der Waals surface area contributed by atoms with E-state index in [2.05, 4.69) is 26.3 Å². The van der Waals surface area contributed by atoms with E-state index in [0.717, 1.165) is 38.1 Å². The van der Waals surface area contributed by atoms with Crippen LogP contribution >= 0.6 is 11.6 Å².